The van der Waals surface area contributed by atoms with Gasteiger partial charge in [-0.05, 0) is 23.6 Å². The first-order chi connectivity index (χ1) is 12.1. The maximum Gasteiger partial charge on any atom is 0.276 e. The van der Waals surface area contributed by atoms with Crippen LogP contribution in [0.25, 0.3) is 10.8 Å². The van der Waals surface area contributed by atoms with Crippen LogP contribution in [0, 0.1) is 0 Å². The Balaban J connectivity index is 1.56. The molecular formula is C19H16N2O4. The Morgan fingerprint density at radius 3 is 2.44 bits per heavy atom. The minimum absolute atomic E-state index is 0.0674. The normalized spacial score (nSPS) is 10.2. The summed E-state index contributed by atoms with van der Waals surface area (Å²) in [4.78, 5) is 23.8. The summed E-state index contributed by atoms with van der Waals surface area (Å²) in [5, 5.41) is 11.5. The van der Waals surface area contributed by atoms with Crippen molar-refractivity contribution in [1.82, 2.24) is 10.9 Å². The fourth-order valence-electron chi connectivity index (χ4n) is 2.36. The van der Waals surface area contributed by atoms with E-state index >= 15 is 0 Å². The van der Waals surface area contributed by atoms with Gasteiger partial charge in [-0.15, -0.1) is 0 Å². The summed E-state index contributed by atoms with van der Waals surface area (Å²) in [5.74, 6) is -0.713. The van der Waals surface area contributed by atoms with Crippen LogP contribution in [0.5, 0.6) is 11.5 Å². The van der Waals surface area contributed by atoms with E-state index in [2.05, 4.69) is 10.9 Å². The highest BCUT2D eigenvalue weighted by Gasteiger charge is 2.11. The number of phenolic OH excluding ortho intramolecular Hbond substituents is 1. The number of hydrazine groups is 1. The lowest BCUT2D eigenvalue weighted by Crippen LogP contribution is -2.43. The monoisotopic (exact) mass is 336 g/mol. The van der Waals surface area contributed by atoms with Crippen LogP contribution in [0.2, 0.25) is 0 Å². The van der Waals surface area contributed by atoms with Gasteiger partial charge >= 0.3 is 0 Å². The van der Waals surface area contributed by atoms with Gasteiger partial charge in [-0.1, -0.05) is 48.5 Å². The summed E-state index contributed by atoms with van der Waals surface area (Å²) >= 11 is 0. The van der Waals surface area contributed by atoms with Gasteiger partial charge in [0.2, 0.25) is 0 Å². The van der Waals surface area contributed by atoms with Crippen LogP contribution in [0.1, 0.15) is 10.4 Å². The molecule has 0 atom stereocenters. The molecule has 6 nitrogen and oxygen atoms in total. The van der Waals surface area contributed by atoms with E-state index < -0.39 is 11.8 Å². The van der Waals surface area contributed by atoms with Gasteiger partial charge in [0.05, 0.1) is 5.56 Å². The molecule has 0 radical (unpaired) electrons. The predicted octanol–water partition coefficient (Wildman–Crippen LogP) is 2.39. The number of hydrogen-bond donors (Lipinski definition) is 3. The van der Waals surface area contributed by atoms with E-state index in [0.29, 0.717) is 5.75 Å². The molecule has 6 heteroatoms. The molecule has 0 spiro atoms. The summed E-state index contributed by atoms with van der Waals surface area (Å²) in [6, 6.07) is 19.3. The van der Waals surface area contributed by atoms with Crippen molar-refractivity contribution in [2.45, 2.75) is 0 Å². The lowest BCUT2D eigenvalue weighted by atomic mass is 10.1. The molecule has 0 bridgehead atoms. The average Bonchev–Trinajstić information content (AvgIpc) is 2.64. The van der Waals surface area contributed by atoms with E-state index in [0.717, 1.165) is 10.8 Å². The molecule has 126 valence electrons. The first kappa shape index (κ1) is 16.3. The van der Waals surface area contributed by atoms with E-state index in [9.17, 15) is 14.7 Å². The maximum atomic E-state index is 11.9. The Hall–Kier alpha value is -3.54. The van der Waals surface area contributed by atoms with Gasteiger partial charge in [-0.3, -0.25) is 20.4 Å². The standard InChI is InChI=1S/C19H16N2O4/c22-16-10-4-3-9-15(16)19(24)21-20-18(23)12-25-17-11-5-7-13-6-1-2-8-14(13)17/h1-11,22H,12H2,(H,20,23)(H,21,24). The Labute approximate surface area is 144 Å². The Morgan fingerprint density at radius 1 is 0.880 bits per heavy atom. The molecule has 3 aromatic carbocycles. The third-order valence-corrected chi connectivity index (χ3v) is 3.57. The molecule has 0 saturated carbocycles. The lowest BCUT2D eigenvalue weighted by molar-refractivity contribution is -0.123. The van der Waals surface area contributed by atoms with E-state index in [1.807, 2.05) is 36.4 Å². The van der Waals surface area contributed by atoms with Crippen molar-refractivity contribution in [3.05, 3.63) is 72.3 Å². The van der Waals surface area contributed by atoms with Crippen LogP contribution in [0.4, 0.5) is 0 Å². The van der Waals surface area contributed by atoms with E-state index in [1.165, 1.54) is 12.1 Å². The number of phenols is 1. The summed E-state index contributed by atoms with van der Waals surface area (Å²) in [5.41, 5.74) is 4.55. The molecule has 3 N–H and O–H groups in total. The summed E-state index contributed by atoms with van der Waals surface area (Å²) in [6.45, 7) is -0.255. The number of ether oxygens (including phenoxy) is 1. The first-order valence-electron chi connectivity index (χ1n) is 7.63. The highest BCUT2D eigenvalue weighted by molar-refractivity contribution is 5.97. The topological polar surface area (TPSA) is 87.7 Å². The van der Waals surface area contributed by atoms with Crippen LogP contribution in [0.15, 0.2) is 66.7 Å². The SMILES string of the molecule is O=C(COc1cccc2ccccc12)NNC(=O)c1ccccc1O. The highest BCUT2D eigenvalue weighted by atomic mass is 16.5. The molecule has 0 aliphatic carbocycles. The number of nitrogens with one attached hydrogen (secondary N) is 2. The fraction of sp³-hybridized carbons (Fsp3) is 0.0526. The summed E-state index contributed by atoms with van der Waals surface area (Å²) in [6.07, 6.45) is 0. The third kappa shape index (κ3) is 3.87. The van der Waals surface area contributed by atoms with Gasteiger partial charge < -0.3 is 9.84 Å². The van der Waals surface area contributed by atoms with E-state index in [-0.39, 0.29) is 17.9 Å². The first-order valence-corrected chi connectivity index (χ1v) is 7.63. The summed E-state index contributed by atoms with van der Waals surface area (Å²) < 4.78 is 5.53. The molecule has 0 unspecified atom stereocenters. The molecule has 0 fully saturated rings. The number of para-hydroxylation sites is 1. The molecule has 0 saturated heterocycles. The van der Waals surface area contributed by atoms with Crippen molar-refractivity contribution in [3.63, 3.8) is 0 Å². The molecule has 25 heavy (non-hydrogen) atoms. The molecule has 3 aromatic rings. The van der Waals surface area contributed by atoms with Crippen LogP contribution in [0.3, 0.4) is 0 Å². The van der Waals surface area contributed by atoms with Crippen LogP contribution < -0.4 is 15.6 Å². The van der Waals surface area contributed by atoms with Crippen LogP contribution in [-0.2, 0) is 4.79 Å². The van der Waals surface area contributed by atoms with Crippen molar-refractivity contribution >= 4 is 22.6 Å². The Kier molecular flexibility index (Phi) is 4.80. The van der Waals surface area contributed by atoms with E-state index in [4.69, 9.17) is 4.74 Å². The fourth-order valence-corrected chi connectivity index (χ4v) is 2.36. The molecule has 0 heterocycles. The molecule has 0 aromatic heterocycles. The average molecular weight is 336 g/mol. The molecule has 0 aliphatic heterocycles. The predicted molar refractivity (Wildman–Crippen MR) is 93.2 cm³/mol. The molecular weight excluding hydrogens is 320 g/mol. The van der Waals surface area contributed by atoms with E-state index in [1.54, 1.807) is 18.2 Å². The van der Waals surface area contributed by atoms with Gasteiger partial charge in [-0.25, -0.2) is 0 Å². The number of aromatic hydroxyl groups is 1. The number of benzene rings is 3. The number of rotatable bonds is 4. The van der Waals surface area contributed by atoms with Gasteiger partial charge in [0.15, 0.2) is 6.61 Å². The number of amides is 2. The number of fused-ring (bicyclic) bond motifs is 1. The molecule has 2 amide bonds. The summed E-state index contributed by atoms with van der Waals surface area (Å²) in [7, 11) is 0. The zero-order valence-corrected chi connectivity index (χ0v) is 13.2. The van der Waals surface area contributed by atoms with Crippen molar-refractivity contribution < 1.29 is 19.4 Å². The number of hydrogen-bond acceptors (Lipinski definition) is 4. The number of carbonyl (C=O) groups excluding carboxylic acids is 2. The van der Waals surface area contributed by atoms with Gasteiger partial charge in [0, 0.05) is 5.39 Å². The molecule has 0 aliphatic rings. The van der Waals surface area contributed by atoms with Gasteiger partial charge in [0.25, 0.3) is 11.8 Å². The van der Waals surface area contributed by atoms with Crippen LogP contribution in [-0.4, -0.2) is 23.5 Å². The second-order valence-corrected chi connectivity index (χ2v) is 5.29. The minimum atomic E-state index is -0.614. The van der Waals surface area contributed by atoms with Crippen molar-refractivity contribution in [3.8, 4) is 11.5 Å². The smallest absolute Gasteiger partial charge is 0.276 e. The minimum Gasteiger partial charge on any atom is -0.507 e. The van der Waals surface area contributed by atoms with Crippen molar-refractivity contribution in [1.29, 1.82) is 0 Å². The van der Waals surface area contributed by atoms with Gasteiger partial charge in [0.1, 0.15) is 11.5 Å². The Morgan fingerprint density at radius 2 is 1.60 bits per heavy atom. The maximum absolute atomic E-state index is 11.9. The lowest BCUT2D eigenvalue weighted by Gasteiger charge is -2.11. The second kappa shape index (κ2) is 7.35. The highest BCUT2D eigenvalue weighted by Crippen LogP contribution is 2.24. The molecule has 3 rings (SSSR count). The third-order valence-electron chi connectivity index (χ3n) is 3.57. The van der Waals surface area contributed by atoms with Gasteiger partial charge in [-0.2, -0.15) is 0 Å². The Bertz CT molecular complexity index is 919. The number of carbonyl (C=O) groups is 2. The quantitative estimate of drug-likeness (QED) is 0.638. The zero-order valence-electron chi connectivity index (χ0n) is 13.2. The largest absolute Gasteiger partial charge is 0.507 e. The van der Waals surface area contributed by atoms with Crippen molar-refractivity contribution in [2.24, 2.45) is 0 Å². The zero-order chi connectivity index (χ0) is 17.6. The van der Waals surface area contributed by atoms with Crippen molar-refractivity contribution in [2.75, 3.05) is 6.61 Å². The second-order valence-electron chi connectivity index (χ2n) is 5.29. The van der Waals surface area contributed by atoms with Crippen LogP contribution >= 0.6 is 0 Å².